The van der Waals surface area contributed by atoms with Crippen LogP contribution in [0.25, 0.3) is 11.1 Å². The van der Waals surface area contributed by atoms with Gasteiger partial charge in [0.25, 0.3) is 0 Å². The molecule has 3 aromatic rings. The zero-order valence-corrected chi connectivity index (χ0v) is 17.6. The number of halogens is 1. The van der Waals surface area contributed by atoms with Crippen molar-refractivity contribution in [2.75, 3.05) is 5.01 Å². The molecule has 1 spiro atoms. The van der Waals surface area contributed by atoms with Crippen LogP contribution in [0, 0.1) is 29.2 Å². The van der Waals surface area contributed by atoms with Crippen LogP contribution in [0.4, 0.5) is 5.69 Å². The molecule has 0 unspecified atom stereocenters. The number of hydrazine groups is 1. The standard InChI is InChI=1S/C27H20ClN3/c28-19-11-13-20(14-12-19)31-27(25-17-9-10-18(15-17)26(25)30(31)16-29)23-7-3-1-5-21(23)22-6-2-4-8-24(22)27/h1-14,17-18,25-26H,15H2/t17-,18-,25+,26-/m0/s1. The normalized spacial score (nSPS) is 28.0. The molecular formula is C27H20ClN3. The number of hydrogen-bond acceptors (Lipinski definition) is 3. The highest BCUT2D eigenvalue weighted by molar-refractivity contribution is 6.30. The summed E-state index contributed by atoms with van der Waals surface area (Å²) in [6, 6.07) is 25.6. The zero-order chi connectivity index (χ0) is 20.7. The first kappa shape index (κ1) is 17.5. The average Bonchev–Trinajstić information content (AvgIpc) is 3.55. The Morgan fingerprint density at radius 1 is 0.839 bits per heavy atom. The Morgan fingerprint density at radius 3 is 2.10 bits per heavy atom. The van der Waals surface area contributed by atoms with Gasteiger partial charge in [-0.1, -0.05) is 72.3 Å². The molecule has 4 heteroatoms. The molecule has 2 bridgehead atoms. The van der Waals surface area contributed by atoms with Gasteiger partial charge in [0.15, 0.2) is 6.19 Å². The van der Waals surface area contributed by atoms with Crippen LogP contribution in [0.2, 0.25) is 5.02 Å². The van der Waals surface area contributed by atoms with Crippen LogP contribution in [0.1, 0.15) is 17.5 Å². The van der Waals surface area contributed by atoms with Gasteiger partial charge in [-0.05, 0) is 58.9 Å². The Labute approximate surface area is 186 Å². The second-order valence-electron chi connectivity index (χ2n) is 9.06. The largest absolute Gasteiger partial charge is 0.261 e. The zero-order valence-electron chi connectivity index (χ0n) is 16.8. The number of anilines is 1. The second-order valence-corrected chi connectivity index (χ2v) is 9.49. The van der Waals surface area contributed by atoms with E-state index < -0.39 is 5.54 Å². The van der Waals surface area contributed by atoms with E-state index in [1.54, 1.807) is 0 Å². The van der Waals surface area contributed by atoms with Crippen LogP contribution in [0.5, 0.6) is 0 Å². The maximum atomic E-state index is 10.5. The summed E-state index contributed by atoms with van der Waals surface area (Å²) >= 11 is 6.25. The van der Waals surface area contributed by atoms with Gasteiger partial charge in [0.05, 0.1) is 11.7 Å². The molecule has 7 rings (SSSR count). The van der Waals surface area contributed by atoms with Gasteiger partial charge in [0.1, 0.15) is 5.54 Å². The van der Waals surface area contributed by atoms with Crippen LogP contribution < -0.4 is 5.01 Å². The van der Waals surface area contributed by atoms with Crippen molar-refractivity contribution >= 4 is 17.3 Å². The molecule has 2 fully saturated rings. The van der Waals surface area contributed by atoms with Gasteiger partial charge < -0.3 is 0 Å². The molecule has 4 atom stereocenters. The lowest BCUT2D eigenvalue weighted by molar-refractivity contribution is 0.278. The lowest BCUT2D eigenvalue weighted by Gasteiger charge is -2.43. The van der Waals surface area contributed by atoms with Crippen molar-refractivity contribution in [1.82, 2.24) is 5.01 Å². The molecule has 3 nitrogen and oxygen atoms in total. The molecule has 0 aromatic heterocycles. The number of rotatable bonds is 1. The van der Waals surface area contributed by atoms with E-state index in [4.69, 9.17) is 11.6 Å². The predicted molar refractivity (Wildman–Crippen MR) is 122 cm³/mol. The number of nitrogens with zero attached hydrogens (tertiary/aromatic N) is 3. The van der Waals surface area contributed by atoms with Gasteiger partial charge >= 0.3 is 0 Å². The summed E-state index contributed by atoms with van der Waals surface area (Å²) in [5, 5.41) is 15.4. The van der Waals surface area contributed by atoms with Crippen molar-refractivity contribution in [3.63, 3.8) is 0 Å². The Morgan fingerprint density at radius 2 is 1.45 bits per heavy atom. The van der Waals surface area contributed by atoms with Gasteiger partial charge in [-0.25, -0.2) is 5.01 Å². The van der Waals surface area contributed by atoms with Crippen LogP contribution in [0.15, 0.2) is 84.9 Å². The number of nitriles is 1. The van der Waals surface area contributed by atoms with Gasteiger partial charge in [0, 0.05) is 16.9 Å². The molecule has 1 heterocycles. The minimum atomic E-state index is -0.411. The predicted octanol–water partition coefficient (Wildman–Crippen LogP) is 5.97. The molecule has 1 saturated heterocycles. The topological polar surface area (TPSA) is 30.3 Å². The van der Waals surface area contributed by atoms with Gasteiger partial charge in [0.2, 0.25) is 0 Å². The van der Waals surface area contributed by atoms with Crippen LogP contribution in [-0.4, -0.2) is 11.1 Å². The van der Waals surface area contributed by atoms with Gasteiger partial charge in [-0.3, -0.25) is 5.01 Å². The fraction of sp³-hybridized carbons (Fsp3) is 0.222. The molecule has 150 valence electrons. The highest BCUT2D eigenvalue weighted by Gasteiger charge is 2.69. The first-order valence-electron chi connectivity index (χ1n) is 10.9. The van der Waals surface area contributed by atoms with E-state index in [0.717, 1.165) is 12.1 Å². The molecular weight excluding hydrogens is 402 g/mol. The Kier molecular flexibility index (Phi) is 3.34. The van der Waals surface area contributed by atoms with E-state index in [0.29, 0.717) is 22.8 Å². The highest BCUT2D eigenvalue weighted by Crippen LogP contribution is 2.67. The van der Waals surface area contributed by atoms with Crippen molar-refractivity contribution in [2.45, 2.75) is 18.0 Å². The third-order valence-corrected chi connectivity index (χ3v) is 8.12. The molecule has 0 amide bonds. The number of fused-ring (bicyclic) bond motifs is 11. The third kappa shape index (κ3) is 1.95. The van der Waals surface area contributed by atoms with Gasteiger partial charge in [-0.2, -0.15) is 5.26 Å². The molecule has 3 aromatic carbocycles. The van der Waals surface area contributed by atoms with E-state index in [9.17, 15) is 5.26 Å². The Hall–Kier alpha value is -3.22. The van der Waals surface area contributed by atoms with Crippen LogP contribution >= 0.6 is 11.6 Å². The second kappa shape index (κ2) is 5.93. The highest BCUT2D eigenvalue weighted by atomic mass is 35.5. The molecule has 31 heavy (non-hydrogen) atoms. The fourth-order valence-electron chi connectivity index (χ4n) is 6.99. The summed E-state index contributed by atoms with van der Waals surface area (Å²) in [5.74, 6) is 1.17. The maximum absolute atomic E-state index is 10.5. The van der Waals surface area contributed by atoms with Crippen molar-refractivity contribution < 1.29 is 0 Å². The molecule has 1 saturated carbocycles. The summed E-state index contributed by atoms with van der Waals surface area (Å²) in [6.07, 6.45) is 8.46. The van der Waals surface area contributed by atoms with Gasteiger partial charge in [-0.15, -0.1) is 0 Å². The van der Waals surface area contributed by atoms with E-state index >= 15 is 0 Å². The lowest BCUT2D eigenvalue weighted by Crippen LogP contribution is -2.50. The molecule has 4 aliphatic rings. The summed E-state index contributed by atoms with van der Waals surface area (Å²) in [5.41, 5.74) is 5.77. The van der Waals surface area contributed by atoms with Crippen molar-refractivity contribution in [3.8, 4) is 17.3 Å². The summed E-state index contributed by atoms with van der Waals surface area (Å²) < 4.78 is 0. The monoisotopic (exact) mass is 421 g/mol. The molecule has 3 aliphatic carbocycles. The first-order chi connectivity index (χ1) is 15.2. The number of hydrogen-bond donors (Lipinski definition) is 0. The fourth-order valence-corrected chi connectivity index (χ4v) is 7.11. The van der Waals surface area contributed by atoms with Crippen molar-refractivity contribution in [3.05, 3.63) is 101 Å². The van der Waals surface area contributed by atoms with Crippen LogP contribution in [-0.2, 0) is 5.54 Å². The summed E-state index contributed by atoms with van der Waals surface area (Å²) in [4.78, 5) is 0. The third-order valence-electron chi connectivity index (χ3n) is 7.87. The molecule has 0 radical (unpaired) electrons. The molecule has 1 aliphatic heterocycles. The van der Waals surface area contributed by atoms with Crippen LogP contribution in [0.3, 0.4) is 0 Å². The first-order valence-corrected chi connectivity index (χ1v) is 11.3. The SMILES string of the molecule is N#CN1[C@@H]2[C@@H]([C@H]3C=C[C@H]2C3)C2(c3ccccc3-c3ccccc32)N1c1ccc(Cl)cc1. The maximum Gasteiger partial charge on any atom is 0.200 e. The van der Waals surface area contributed by atoms with E-state index in [1.165, 1.54) is 22.3 Å². The number of allylic oxidation sites excluding steroid dienone is 1. The van der Waals surface area contributed by atoms with E-state index in [2.05, 4.69) is 71.9 Å². The van der Waals surface area contributed by atoms with Crippen molar-refractivity contribution in [2.24, 2.45) is 17.8 Å². The minimum Gasteiger partial charge on any atom is -0.261 e. The van der Waals surface area contributed by atoms with Crippen molar-refractivity contribution in [1.29, 1.82) is 5.26 Å². The molecule has 0 N–H and O–H groups in total. The smallest absolute Gasteiger partial charge is 0.200 e. The van der Waals surface area contributed by atoms with E-state index in [1.807, 2.05) is 29.3 Å². The number of benzene rings is 3. The quantitative estimate of drug-likeness (QED) is 0.358. The summed E-state index contributed by atoms with van der Waals surface area (Å²) in [7, 11) is 0. The Balaban J connectivity index is 1.60. The Bertz CT molecular complexity index is 1240. The van der Waals surface area contributed by atoms with E-state index in [-0.39, 0.29) is 6.04 Å². The summed E-state index contributed by atoms with van der Waals surface area (Å²) in [6.45, 7) is 0. The average molecular weight is 422 g/mol. The lowest BCUT2D eigenvalue weighted by atomic mass is 9.69. The minimum absolute atomic E-state index is 0.162.